The lowest BCUT2D eigenvalue weighted by Gasteiger charge is -2.18. The van der Waals surface area contributed by atoms with Gasteiger partial charge in [-0.2, -0.15) is 0 Å². The third-order valence-corrected chi connectivity index (χ3v) is 11.6. The van der Waals surface area contributed by atoms with Crippen LogP contribution in [0.1, 0.15) is 290 Å². The Labute approximate surface area is 355 Å². The minimum atomic E-state index is -0.759. The zero-order valence-electron chi connectivity index (χ0n) is 38.6. The molecular formula is C51H98O6. The highest BCUT2D eigenvalue weighted by atomic mass is 16.6. The fourth-order valence-electron chi connectivity index (χ4n) is 7.74. The normalized spacial score (nSPS) is 11.8. The van der Waals surface area contributed by atoms with Crippen molar-refractivity contribution in [2.75, 3.05) is 13.2 Å². The van der Waals surface area contributed by atoms with Crippen molar-refractivity contribution in [2.45, 2.75) is 297 Å². The van der Waals surface area contributed by atoms with Crippen LogP contribution in [0.3, 0.4) is 0 Å². The van der Waals surface area contributed by atoms with E-state index >= 15 is 0 Å². The van der Waals surface area contributed by atoms with Gasteiger partial charge in [-0.1, -0.05) is 252 Å². The molecule has 0 bridgehead atoms. The summed E-state index contributed by atoms with van der Waals surface area (Å²) in [5, 5.41) is 0. The minimum Gasteiger partial charge on any atom is -0.462 e. The molecule has 0 aliphatic heterocycles. The Balaban J connectivity index is 4.29. The Morgan fingerprint density at radius 2 is 0.474 bits per heavy atom. The van der Waals surface area contributed by atoms with Crippen molar-refractivity contribution in [1.29, 1.82) is 0 Å². The first kappa shape index (κ1) is 55.4. The fraction of sp³-hybridized carbons (Fsp3) is 0.941. The van der Waals surface area contributed by atoms with Gasteiger partial charge >= 0.3 is 17.9 Å². The van der Waals surface area contributed by atoms with Gasteiger partial charge in [0, 0.05) is 19.3 Å². The maximum atomic E-state index is 12.7. The summed E-state index contributed by atoms with van der Waals surface area (Å²) in [5.41, 5.74) is 0. The summed E-state index contributed by atoms with van der Waals surface area (Å²) >= 11 is 0. The van der Waals surface area contributed by atoms with Gasteiger partial charge in [-0.3, -0.25) is 14.4 Å². The molecule has 0 aliphatic rings. The number of rotatable bonds is 47. The Bertz CT molecular complexity index is 844. The Hall–Kier alpha value is -1.59. The average Bonchev–Trinajstić information content (AvgIpc) is 3.21. The lowest BCUT2D eigenvalue weighted by atomic mass is 10.0. The van der Waals surface area contributed by atoms with Gasteiger partial charge in [0.2, 0.25) is 0 Å². The lowest BCUT2D eigenvalue weighted by Crippen LogP contribution is -2.30. The minimum absolute atomic E-state index is 0.0619. The van der Waals surface area contributed by atoms with E-state index in [-0.39, 0.29) is 31.1 Å². The van der Waals surface area contributed by atoms with E-state index in [4.69, 9.17) is 14.2 Å². The second kappa shape index (κ2) is 47.1. The highest BCUT2D eigenvalue weighted by Gasteiger charge is 2.19. The number of ether oxygens (including phenoxy) is 3. The van der Waals surface area contributed by atoms with E-state index in [9.17, 15) is 14.4 Å². The number of carbonyl (C=O) groups is 3. The van der Waals surface area contributed by atoms with E-state index in [0.29, 0.717) is 19.3 Å². The molecule has 0 saturated carbocycles. The SMILES string of the molecule is CCCCCCCCCCCCCCCCCC(=O)OC[C@H](COC(=O)CCCCCCCCCCCCCC)OC(=O)CCCCCCCCCCCCCC. The summed E-state index contributed by atoms with van der Waals surface area (Å²) in [5.74, 6) is -0.842. The van der Waals surface area contributed by atoms with E-state index in [0.717, 1.165) is 57.8 Å². The van der Waals surface area contributed by atoms with Crippen molar-refractivity contribution in [2.24, 2.45) is 0 Å². The summed E-state index contributed by atoms with van der Waals surface area (Å²) in [7, 11) is 0. The van der Waals surface area contributed by atoms with Gasteiger partial charge in [0.1, 0.15) is 13.2 Å². The molecule has 0 unspecified atom stereocenters. The van der Waals surface area contributed by atoms with E-state index in [2.05, 4.69) is 20.8 Å². The predicted octanol–water partition coefficient (Wildman–Crippen LogP) is 16.4. The van der Waals surface area contributed by atoms with Crippen LogP contribution < -0.4 is 0 Å². The predicted molar refractivity (Wildman–Crippen MR) is 243 cm³/mol. The topological polar surface area (TPSA) is 78.9 Å². The second-order valence-electron chi connectivity index (χ2n) is 17.5. The van der Waals surface area contributed by atoms with Gasteiger partial charge in [-0.15, -0.1) is 0 Å². The molecule has 0 spiro atoms. The molecule has 0 fully saturated rings. The largest absolute Gasteiger partial charge is 0.462 e. The molecule has 0 rings (SSSR count). The maximum absolute atomic E-state index is 12.7. The first-order valence-electron chi connectivity index (χ1n) is 25.5. The van der Waals surface area contributed by atoms with Crippen molar-refractivity contribution in [1.82, 2.24) is 0 Å². The van der Waals surface area contributed by atoms with Crippen molar-refractivity contribution in [3.63, 3.8) is 0 Å². The summed E-state index contributed by atoms with van der Waals surface area (Å²) < 4.78 is 16.8. The number of esters is 3. The van der Waals surface area contributed by atoms with E-state index in [1.165, 1.54) is 193 Å². The van der Waals surface area contributed by atoms with Crippen LogP contribution in [0.5, 0.6) is 0 Å². The zero-order valence-corrected chi connectivity index (χ0v) is 38.6. The molecule has 0 N–H and O–H groups in total. The Morgan fingerprint density at radius 3 is 0.702 bits per heavy atom. The van der Waals surface area contributed by atoms with Gasteiger partial charge in [0.05, 0.1) is 0 Å². The van der Waals surface area contributed by atoms with Crippen molar-refractivity contribution < 1.29 is 28.6 Å². The number of hydrogen-bond acceptors (Lipinski definition) is 6. The number of carbonyl (C=O) groups excluding carboxylic acids is 3. The van der Waals surface area contributed by atoms with E-state index < -0.39 is 6.10 Å². The molecular weight excluding hydrogens is 709 g/mol. The first-order chi connectivity index (χ1) is 28.0. The van der Waals surface area contributed by atoms with Crippen LogP contribution >= 0.6 is 0 Å². The molecule has 6 nitrogen and oxygen atoms in total. The standard InChI is InChI=1S/C51H98O6/c1-4-7-10-13-16-19-22-25-26-27-30-32-35-38-41-44-50(53)56-47-48(57-51(54)45-42-39-36-33-29-24-21-18-15-12-9-6-3)46-55-49(52)43-40-37-34-31-28-23-20-17-14-11-8-5-2/h48H,4-47H2,1-3H3/t48-/m0/s1. The summed E-state index contributed by atoms with van der Waals surface area (Å²) in [4.78, 5) is 37.9. The van der Waals surface area contributed by atoms with Crippen molar-refractivity contribution >= 4 is 17.9 Å². The van der Waals surface area contributed by atoms with Crippen LogP contribution in [0.25, 0.3) is 0 Å². The lowest BCUT2D eigenvalue weighted by molar-refractivity contribution is -0.167. The zero-order chi connectivity index (χ0) is 41.5. The molecule has 6 heteroatoms. The van der Waals surface area contributed by atoms with Crippen LogP contribution in [-0.2, 0) is 28.6 Å². The molecule has 0 heterocycles. The number of hydrogen-bond donors (Lipinski definition) is 0. The molecule has 0 aromatic carbocycles. The molecule has 0 aromatic heterocycles. The summed E-state index contributed by atoms with van der Waals surface area (Å²) in [6.45, 7) is 6.67. The molecule has 1 atom stereocenters. The highest BCUT2D eigenvalue weighted by Crippen LogP contribution is 2.17. The molecule has 0 saturated heterocycles. The number of unbranched alkanes of at least 4 members (excludes halogenated alkanes) is 36. The van der Waals surface area contributed by atoms with Crippen LogP contribution in [0.4, 0.5) is 0 Å². The van der Waals surface area contributed by atoms with Gasteiger partial charge < -0.3 is 14.2 Å². The van der Waals surface area contributed by atoms with Crippen LogP contribution in [0, 0.1) is 0 Å². The van der Waals surface area contributed by atoms with Crippen LogP contribution in [0.15, 0.2) is 0 Å². The fourth-order valence-corrected chi connectivity index (χ4v) is 7.74. The highest BCUT2D eigenvalue weighted by molar-refractivity contribution is 5.71. The molecule has 57 heavy (non-hydrogen) atoms. The van der Waals surface area contributed by atoms with Gasteiger partial charge in [-0.05, 0) is 19.3 Å². The maximum Gasteiger partial charge on any atom is 0.306 e. The average molecular weight is 807 g/mol. The van der Waals surface area contributed by atoms with Crippen molar-refractivity contribution in [3.05, 3.63) is 0 Å². The molecule has 0 aromatic rings. The Kier molecular flexibility index (Phi) is 45.8. The van der Waals surface area contributed by atoms with Crippen molar-refractivity contribution in [3.8, 4) is 0 Å². The van der Waals surface area contributed by atoms with Gasteiger partial charge in [0.15, 0.2) is 6.10 Å². The summed E-state index contributed by atoms with van der Waals surface area (Å²) in [6.07, 6.45) is 49.4. The molecule has 338 valence electrons. The smallest absolute Gasteiger partial charge is 0.306 e. The summed E-state index contributed by atoms with van der Waals surface area (Å²) in [6, 6.07) is 0. The van der Waals surface area contributed by atoms with Crippen LogP contribution in [0.2, 0.25) is 0 Å². The molecule has 0 amide bonds. The van der Waals surface area contributed by atoms with E-state index in [1.807, 2.05) is 0 Å². The third-order valence-electron chi connectivity index (χ3n) is 11.6. The van der Waals surface area contributed by atoms with Gasteiger partial charge in [0.25, 0.3) is 0 Å². The van der Waals surface area contributed by atoms with Crippen LogP contribution in [-0.4, -0.2) is 37.2 Å². The second-order valence-corrected chi connectivity index (χ2v) is 17.5. The first-order valence-corrected chi connectivity index (χ1v) is 25.5. The monoisotopic (exact) mass is 807 g/mol. The van der Waals surface area contributed by atoms with E-state index in [1.54, 1.807) is 0 Å². The Morgan fingerprint density at radius 1 is 0.281 bits per heavy atom. The third kappa shape index (κ3) is 45.3. The molecule has 0 radical (unpaired) electrons. The quantitative estimate of drug-likeness (QED) is 0.0346. The molecule has 0 aliphatic carbocycles. The van der Waals surface area contributed by atoms with Gasteiger partial charge in [-0.25, -0.2) is 0 Å².